The van der Waals surface area contributed by atoms with Crippen molar-refractivity contribution < 1.29 is 9.90 Å². The van der Waals surface area contributed by atoms with Crippen molar-refractivity contribution in [2.24, 2.45) is 5.92 Å². The highest BCUT2D eigenvalue weighted by Crippen LogP contribution is 2.20. The molecular weight excluding hydrogens is 268 g/mol. The first-order valence-electron chi connectivity index (χ1n) is 7.46. The monoisotopic (exact) mass is 288 g/mol. The molecule has 1 N–H and O–H groups in total. The van der Waals surface area contributed by atoms with Gasteiger partial charge in [-0.15, -0.1) is 10.2 Å². The summed E-state index contributed by atoms with van der Waals surface area (Å²) in [4.78, 5) is 13.4. The van der Waals surface area contributed by atoms with Gasteiger partial charge < -0.3 is 10.0 Å². The van der Waals surface area contributed by atoms with Gasteiger partial charge in [-0.2, -0.15) is 0 Å². The smallest absolute Gasteiger partial charge is 0.335 e. The van der Waals surface area contributed by atoms with Gasteiger partial charge in [0.2, 0.25) is 0 Å². The van der Waals surface area contributed by atoms with Crippen LogP contribution in [0.3, 0.4) is 0 Å². The number of rotatable bonds is 4. The first-order chi connectivity index (χ1) is 10.2. The van der Waals surface area contributed by atoms with E-state index in [1.54, 1.807) is 18.3 Å². The third-order valence-corrected chi connectivity index (χ3v) is 4.25. The lowest BCUT2D eigenvalue weighted by Crippen LogP contribution is -2.36. The molecule has 0 saturated carbocycles. The van der Waals surface area contributed by atoms with Crippen molar-refractivity contribution in [3.05, 3.63) is 29.7 Å². The van der Waals surface area contributed by atoms with Gasteiger partial charge in [-0.25, -0.2) is 4.79 Å². The predicted octanol–water partition coefficient (Wildman–Crippen LogP) is 1.70. The maximum absolute atomic E-state index is 11.0. The maximum Gasteiger partial charge on any atom is 0.335 e. The van der Waals surface area contributed by atoms with Crippen molar-refractivity contribution in [1.29, 1.82) is 0 Å². The molecule has 21 heavy (non-hydrogen) atoms. The number of fused-ring (bicyclic) bond motifs is 1. The number of aromatic carboxylic acids is 1. The number of aromatic nitrogens is 3. The Morgan fingerprint density at radius 3 is 3.10 bits per heavy atom. The van der Waals surface area contributed by atoms with E-state index < -0.39 is 5.97 Å². The molecule has 3 rings (SSSR count). The molecule has 1 unspecified atom stereocenters. The first-order valence-corrected chi connectivity index (χ1v) is 7.46. The Labute approximate surface area is 123 Å². The molecule has 6 heteroatoms. The number of hydrogen-bond donors (Lipinski definition) is 1. The van der Waals surface area contributed by atoms with E-state index in [0.717, 1.165) is 25.3 Å². The molecule has 0 aromatic carbocycles. The van der Waals surface area contributed by atoms with Crippen LogP contribution in [0.2, 0.25) is 0 Å². The number of carboxylic acid groups (broad SMARTS) is 1. The highest BCUT2D eigenvalue weighted by atomic mass is 16.4. The van der Waals surface area contributed by atoms with Gasteiger partial charge in [0.05, 0.1) is 5.56 Å². The molecular formula is C15H20N4O2. The Hall–Kier alpha value is -1.95. The van der Waals surface area contributed by atoms with Crippen LogP contribution in [-0.4, -0.2) is 50.2 Å². The van der Waals surface area contributed by atoms with Crippen molar-refractivity contribution in [3.63, 3.8) is 0 Å². The van der Waals surface area contributed by atoms with Gasteiger partial charge >= 0.3 is 5.97 Å². The fraction of sp³-hybridized carbons (Fsp3) is 0.533. The molecule has 0 bridgehead atoms. The Balaban J connectivity index is 1.79. The summed E-state index contributed by atoms with van der Waals surface area (Å²) in [7, 11) is 0. The summed E-state index contributed by atoms with van der Waals surface area (Å²) in [5.41, 5.74) is 0.851. The molecule has 6 nitrogen and oxygen atoms in total. The van der Waals surface area contributed by atoms with Gasteiger partial charge in [-0.05, 0) is 44.0 Å². The third-order valence-electron chi connectivity index (χ3n) is 4.25. The molecule has 2 aromatic rings. The van der Waals surface area contributed by atoms with Gasteiger partial charge in [-0.3, -0.25) is 4.40 Å². The molecule has 3 heterocycles. The SMILES string of the molecule is CCN1CCCC(Cc2nnc3cc(C(=O)O)ccn23)C1. The normalized spacial score (nSPS) is 20.0. The van der Waals surface area contributed by atoms with Crippen molar-refractivity contribution in [3.8, 4) is 0 Å². The first kappa shape index (κ1) is 14.0. The Morgan fingerprint density at radius 1 is 1.48 bits per heavy atom. The average Bonchev–Trinajstić information content (AvgIpc) is 2.90. The second-order valence-electron chi connectivity index (χ2n) is 5.67. The molecule has 0 spiro atoms. The molecule has 112 valence electrons. The van der Waals surface area contributed by atoms with E-state index in [1.165, 1.54) is 19.4 Å². The minimum atomic E-state index is -0.937. The van der Waals surface area contributed by atoms with Crippen LogP contribution in [0, 0.1) is 5.92 Å². The zero-order chi connectivity index (χ0) is 14.8. The van der Waals surface area contributed by atoms with Crippen LogP contribution in [0.15, 0.2) is 18.3 Å². The quantitative estimate of drug-likeness (QED) is 0.927. The molecule has 1 aliphatic rings. The van der Waals surface area contributed by atoms with E-state index in [1.807, 2.05) is 4.40 Å². The van der Waals surface area contributed by atoms with Gasteiger partial charge in [0.25, 0.3) is 0 Å². The predicted molar refractivity (Wildman–Crippen MR) is 78.5 cm³/mol. The molecule has 2 aromatic heterocycles. The second-order valence-corrected chi connectivity index (χ2v) is 5.67. The Bertz CT molecular complexity index is 652. The third kappa shape index (κ3) is 2.90. The van der Waals surface area contributed by atoms with E-state index in [-0.39, 0.29) is 5.56 Å². The fourth-order valence-corrected chi connectivity index (χ4v) is 3.08. The van der Waals surface area contributed by atoms with Crippen molar-refractivity contribution >= 4 is 11.6 Å². The van der Waals surface area contributed by atoms with Gasteiger partial charge in [0.15, 0.2) is 5.65 Å². The maximum atomic E-state index is 11.0. The molecule has 1 fully saturated rings. The van der Waals surface area contributed by atoms with Gasteiger partial charge in [0.1, 0.15) is 5.82 Å². The zero-order valence-corrected chi connectivity index (χ0v) is 12.2. The average molecular weight is 288 g/mol. The summed E-state index contributed by atoms with van der Waals surface area (Å²) in [6.45, 7) is 5.59. The van der Waals surface area contributed by atoms with E-state index >= 15 is 0 Å². The van der Waals surface area contributed by atoms with Crippen LogP contribution < -0.4 is 0 Å². The number of hydrogen-bond acceptors (Lipinski definition) is 4. The lowest BCUT2D eigenvalue weighted by Gasteiger charge is -2.31. The summed E-state index contributed by atoms with van der Waals surface area (Å²) >= 11 is 0. The summed E-state index contributed by atoms with van der Waals surface area (Å²) < 4.78 is 1.90. The highest BCUT2D eigenvalue weighted by Gasteiger charge is 2.21. The van der Waals surface area contributed by atoms with Crippen LogP contribution in [0.5, 0.6) is 0 Å². The lowest BCUT2D eigenvalue weighted by atomic mass is 9.94. The fourth-order valence-electron chi connectivity index (χ4n) is 3.08. The van der Waals surface area contributed by atoms with Gasteiger partial charge in [0, 0.05) is 19.2 Å². The molecule has 1 saturated heterocycles. The lowest BCUT2D eigenvalue weighted by molar-refractivity contribution is 0.0697. The standard InChI is InChI=1S/C15H20N4O2/c1-2-18-6-3-4-11(10-18)8-13-16-17-14-9-12(15(20)21)5-7-19(13)14/h5,7,9,11H,2-4,6,8,10H2,1H3,(H,20,21). The largest absolute Gasteiger partial charge is 0.478 e. The van der Waals surface area contributed by atoms with Crippen LogP contribution in [0.4, 0.5) is 0 Å². The van der Waals surface area contributed by atoms with Gasteiger partial charge in [-0.1, -0.05) is 6.92 Å². The summed E-state index contributed by atoms with van der Waals surface area (Å²) in [6.07, 6.45) is 5.11. The second kappa shape index (κ2) is 5.81. The van der Waals surface area contributed by atoms with E-state index in [9.17, 15) is 4.79 Å². The topological polar surface area (TPSA) is 70.7 Å². The van der Waals surface area contributed by atoms with Crippen LogP contribution in [0.1, 0.15) is 35.9 Å². The molecule has 0 aliphatic carbocycles. The molecule has 1 atom stereocenters. The van der Waals surface area contributed by atoms with E-state index in [0.29, 0.717) is 11.6 Å². The van der Waals surface area contributed by atoms with Crippen molar-refractivity contribution in [2.45, 2.75) is 26.2 Å². The van der Waals surface area contributed by atoms with Crippen molar-refractivity contribution in [2.75, 3.05) is 19.6 Å². The van der Waals surface area contributed by atoms with Crippen molar-refractivity contribution in [1.82, 2.24) is 19.5 Å². The Morgan fingerprint density at radius 2 is 2.33 bits per heavy atom. The minimum Gasteiger partial charge on any atom is -0.478 e. The number of nitrogens with zero attached hydrogens (tertiary/aromatic N) is 4. The van der Waals surface area contributed by atoms with Crippen LogP contribution in [0.25, 0.3) is 5.65 Å². The molecule has 0 radical (unpaired) electrons. The zero-order valence-electron chi connectivity index (χ0n) is 12.2. The Kier molecular flexibility index (Phi) is 3.88. The van der Waals surface area contributed by atoms with E-state index in [2.05, 4.69) is 22.0 Å². The van der Waals surface area contributed by atoms with Crippen LogP contribution in [-0.2, 0) is 6.42 Å². The summed E-state index contributed by atoms with van der Waals surface area (Å²) in [6, 6.07) is 3.17. The summed E-state index contributed by atoms with van der Waals surface area (Å²) in [5.74, 6) is 0.586. The molecule has 1 aliphatic heterocycles. The minimum absolute atomic E-state index is 0.247. The number of piperidine rings is 1. The molecule has 0 amide bonds. The highest BCUT2D eigenvalue weighted by molar-refractivity contribution is 5.88. The summed E-state index contributed by atoms with van der Waals surface area (Å²) in [5, 5.41) is 17.4. The van der Waals surface area contributed by atoms with E-state index in [4.69, 9.17) is 5.11 Å². The van der Waals surface area contributed by atoms with Crippen LogP contribution >= 0.6 is 0 Å². The number of pyridine rings is 1. The number of likely N-dealkylation sites (tertiary alicyclic amines) is 1. The number of carbonyl (C=O) groups is 1. The number of carboxylic acids is 1.